The lowest BCUT2D eigenvalue weighted by Crippen LogP contribution is -2.25. The van der Waals surface area contributed by atoms with Crippen LogP contribution in [-0.4, -0.2) is 22.5 Å². The second kappa shape index (κ2) is 8.24. The van der Waals surface area contributed by atoms with Crippen molar-refractivity contribution >= 4 is 28.2 Å². The number of nitrogens with zero attached hydrogens (tertiary/aromatic N) is 1. The second-order valence-electron chi connectivity index (χ2n) is 5.70. The minimum Gasteiger partial charge on any atom is -0.507 e. The molecule has 2 N–H and O–H groups in total. The number of Topliss-reactive ketones (excluding diaryl/α,β-unsaturated/α-hetero) is 1. The van der Waals surface area contributed by atoms with Gasteiger partial charge >= 0.3 is 0 Å². The van der Waals surface area contributed by atoms with Crippen molar-refractivity contribution in [3.63, 3.8) is 0 Å². The number of allylic oxidation sites excluding steroid dienone is 1. The fourth-order valence-corrected chi connectivity index (χ4v) is 2.58. The standard InChI is InChI=1S/C20H22N2O3/c1-4-8-18(23)15(5-2)20(25)22-21-13(3)16-12-11-14-9-6-7-10-17(14)19(16)24/h5-7,9-12,24H,4,8H2,1-3H3,(H,22,25)/b15-5+,21-13-. The highest BCUT2D eigenvalue weighted by Gasteiger charge is 2.16. The molecule has 0 heterocycles. The van der Waals surface area contributed by atoms with Gasteiger partial charge in [0.1, 0.15) is 5.75 Å². The molecule has 0 bridgehead atoms. The zero-order valence-corrected chi connectivity index (χ0v) is 14.7. The minimum absolute atomic E-state index is 0.0983. The number of aromatic hydroxyl groups is 1. The van der Waals surface area contributed by atoms with Crippen molar-refractivity contribution < 1.29 is 14.7 Å². The first-order valence-electron chi connectivity index (χ1n) is 8.24. The Bertz CT molecular complexity index is 866. The van der Waals surface area contributed by atoms with E-state index >= 15 is 0 Å². The molecule has 5 nitrogen and oxygen atoms in total. The van der Waals surface area contributed by atoms with Crippen LogP contribution in [0.4, 0.5) is 0 Å². The van der Waals surface area contributed by atoms with Crippen LogP contribution in [0.25, 0.3) is 10.8 Å². The van der Waals surface area contributed by atoms with Gasteiger partial charge in [0.2, 0.25) is 0 Å². The molecule has 0 aliphatic rings. The molecule has 2 aromatic rings. The Kier molecular flexibility index (Phi) is 6.06. The van der Waals surface area contributed by atoms with Gasteiger partial charge in [-0.25, -0.2) is 5.43 Å². The van der Waals surface area contributed by atoms with E-state index < -0.39 is 5.91 Å². The molecule has 0 saturated carbocycles. The number of hydrogen-bond donors (Lipinski definition) is 2. The van der Waals surface area contributed by atoms with E-state index in [4.69, 9.17) is 0 Å². The first-order chi connectivity index (χ1) is 12.0. The van der Waals surface area contributed by atoms with Crippen LogP contribution < -0.4 is 5.43 Å². The van der Waals surface area contributed by atoms with Gasteiger partial charge in [0.15, 0.2) is 5.78 Å². The van der Waals surface area contributed by atoms with Gasteiger partial charge in [-0.3, -0.25) is 9.59 Å². The first kappa shape index (κ1) is 18.4. The lowest BCUT2D eigenvalue weighted by molar-refractivity contribution is -0.122. The van der Waals surface area contributed by atoms with Crippen LogP contribution in [0.1, 0.15) is 39.2 Å². The quantitative estimate of drug-likeness (QED) is 0.277. The van der Waals surface area contributed by atoms with Crippen LogP contribution in [0.5, 0.6) is 5.75 Å². The van der Waals surface area contributed by atoms with Gasteiger partial charge in [-0.05, 0) is 31.7 Å². The molecule has 130 valence electrons. The molecule has 0 spiro atoms. The fourth-order valence-electron chi connectivity index (χ4n) is 2.58. The average Bonchev–Trinajstić information content (AvgIpc) is 2.61. The molecule has 0 radical (unpaired) electrons. The van der Waals surface area contributed by atoms with E-state index in [9.17, 15) is 14.7 Å². The number of phenolic OH excluding ortho intramolecular Hbond substituents is 1. The third kappa shape index (κ3) is 4.12. The summed E-state index contributed by atoms with van der Waals surface area (Å²) in [7, 11) is 0. The number of rotatable bonds is 6. The Labute approximate surface area is 147 Å². The fraction of sp³-hybridized carbons (Fsp3) is 0.250. The number of hydrogen-bond acceptors (Lipinski definition) is 4. The predicted molar refractivity (Wildman–Crippen MR) is 99.6 cm³/mol. The first-order valence-corrected chi connectivity index (χ1v) is 8.24. The van der Waals surface area contributed by atoms with Crippen LogP contribution in [-0.2, 0) is 9.59 Å². The van der Waals surface area contributed by atoms with Gasteiger partial charge in [-0.1, -0.05) is 43.3 Å². The smallest absolute Gasteiger partial charge is 0.274 e. The maximum absolute atomic E-state index is 12.2. The Morgan fingerprint density at radius 2 is 1.92 bits per heavy atom. The summed E-state index contributed by atoms with van der Waals surface area (Å²) in [5.74, 6) is -0.633. The van der Waals surface area contributed by atoms with Crippen LogP contribution in [0, 0.1) is 0 Å². The molecule has 0 aromatic heterocycles. The highest BCUT2D eigenvalue weighted by Crippen LogP contribution is 2.28. The van der Waals surface area contributed by atoms with Gasteiger partial charge in [0.05, 0.1) is 11.3 Å². The topological polar surface area (TPSA) is 78.8 Å². The van der Waals surface area contributed by atoms with Crippen LogP contribution >= 0.6 is 0 Å². The van der Waals surface area contributed by atoms with E-state index in [2.05, 4.69) is 10.5 Å². The highest BCUT2D eigenvalue weighted by atomic mass is 16.3. The molecule has 0 aliphatic carbocycles. The van der Waals surface area contributed by atoms with Gasteiger partial charge in [0.25, 0.3) is 5.91 Å². The molecular formula is C20H22N2O3. The third-order valence-corrected chi connectivity index (χ3v) is 3.93. The predicted octanol–water partition coefficient (Wildman–Crippen LogP) is 3.70. The lowest BCUT2D eigenvalue weighted by Gasteiger charge is -2.09. The molecule has 0 aliphatic heterocycles. The summed E-state index contributed by atoms with van der Waals surface area (Å²) < 4.78 is 0. The largest absolute Gasteiger partial charge is 0.507 e. The molecule has 25 heavy (non-hydrogen) atoms. The molecule has 2 aromatic carbocycles. The van der Waals surface area contributed by atoms with Gasteiger partial charge < -0.3 is 5.11 Å². The number of amides is 1. The Morgan fingerprint density at radius 1 is 1.20 bits per heavy atom. The van der Waals surface area contributed by atoms with Crippen molar-refractivity contribution in [2.75, 3.05) is 0 Å². The van der Waals surface area contributed by atoms with Crippen molar-refractivity contribution in [1.82, 2.24) is 5.43 Å². The SMILES string of the molecule is C/C=C(\C(=O)CCC)C(=O)N/N=C(/C)c1ccc2ccccc2c1O. The summed E-state index contributed by atoms with van der Waals surface area (Å²) in [5.41, 5.74) is 3.48. The molecular weight excluding hydrogens is 316 g/mol. The molecule has 0 atom stereocenters. The number of benzene rings is 2. The summed E-state index contributed by atoms with van der Waals surface area (Å²) in [6.07, 6.45) is 2.49. The zero-order chi connectivity index (χ0) is 18.4. The number of fused-ring (bicyclic) bond motifs is 1. The molecule has 0 unspecified atom stereocenters. The summed E-state index contributed by atoms with van der Waals surface area (Å²) in [4.78, 5) is 24.1. The Hall–Kier alpha value is -2.95. The second-order valence-corrected chi connectivity index (χ2v) is 5.70. The highest BCUT2D eigenvalue weighted by molar-refractivity contribution is 6.19. The van der Waals surface area contributed by atoms with E-state index in [1.54, 1.807) is 19.9 Å². The molecule has 1 amide bonds. The number of ketones is 1. The average molecular weight is 338 g/mol. The van der Waals surface area contributed by atoms with E-state index in [0.29, 0.717) is 29.5 Å². The number of carbonyl (C=O) groups excluding carboxylic acids is 2. The normalized spacial score (nSPS) is 12.3. The van der Waals surface area contributed by atoms with Gasteiger partial charge in [0, 0.05) is 17.4 Å². The maximum Gasteiger partial charge on any atom is 0.274 e. The Morgan fingerprint density at radius 3 is 2.60 bits per heavy atom. The van der Waals surface area contributed by atoms with E-state index in [-0.39, 0.29) is 17.1 Å². The summed E-state index contributed by atoms with van der Waals surface area (Å²) in [6.45, 7) is 5.22. The van der Waals surface area contributed by atoms with Crippen molar-refractivity contribution in [1.29, 1.82) is 0 Å². The number of carbonyl (C=O) groups is 2. The third-order valence-electron chi connectivity index (χ3n) is 3.93. The summed E-state index contributed by atoms with van der Waals surface area (Å²) >= 11 is 0. The number of phenols is 1. The number of hydrazone groups is 1. The van der Waals surface area contributed by atoms with Crippen molar-refractivity contribution in [2.24, 2.45) is 5.10 Å². The maximum atomic E-state index is 12.2. The van der Waals surface area contributed by atoms with Crippen molar-refractivity contribution in [3.05, 3.63) is 53.6 Å². The minimum atomic E-state index is -0.541. The summed E-state index contributed by atoms with van der Waals surface area (Å²) in [6, 6.07) is 11.1. The molecule has 0 saturated heterocycles. The van der Waals surface area contributed by atoms with Crippen LogP contribution in [0.2, 0.25) is 0 Å². The van der Waals surface area contributed by atoms with Crippen molar-refractivity contribution in [3.8, 4) is 5.75 Å². The van der Waals surface area contributed by atoms with Crippen LogP contribution in [0.3, 0.4) is 0 Å². The molecule has 5 heteroatoms. The summed E-state index contributed by atoms with van der Waals surface area (Å²) in [5, 5.41) is 16.1. The lowest BCUT2D eigenvalue weighted by atomic mass is 10.0. The molecule has 0 fully saturated rings. The molecule has 2 rings (SSSR count). The van der Waals surface area contributed by atoms with Gasteiger partial charge in [-0.2, -0.15) is 5.10 Å². The van der Waals surface area contributed by atoms with E-state index in [1.165, 1.54) is 6.08 Å². The van der Waals surface area contributed by atoms with Crippen LogP contribution in [0.15, 0.2) is 53.1 Å². The van der Waals surface area contributed by atoms with Gasteiger partial charge in [-0.15, -0.1) is 0 Å². The monoisotopic (exact) mass is 338 g/mol. The Balaban J connectivity index is 2.23. The zero-order valence-electron chi connectivity index (χ0n) is 14.7. The van der Waals surface area contributed by atoms with E-state index in [1.807, 2.05) is 37.3 Å². The van der Waals surface area contributed by atoms with E-state index in [0.717, 1.165) is 5.39 Å². The van der Waals surface area contributed by atoms with Crippen molar-refractivity contribution in [2.45, 2.75) is 33.6 Å². The number of nitrogens with one attached hydrogen (secondary N) is 1.